The molecule has 2 aromatic rings. The number of thiazole rings is 1. The first-order valence-electron chi connectivity index (χ1n) is 6.30. The highest BCUT2D eigenvalue weighted by atomic mass is 32.1. The highest BCUT2D eigenvalue weighted by Crippen LogP contribution is 2.33. The summed E-state index contributed by atoms with van der Waals surface area (Å²) in [5, 5.41) is 2.87. The number of hydrogen-bond acceptors (Lipinski definition) is 5. The topological polar surface area (TPSA) is 48.4 Å². The first-order chi connectivity index (χ1) is 9.63. The van der Waals surface area contributed by atoms with Gasteiger partial charge < -0.3 is 9.47 Å². The van der Waals surface area contributed by atoms with E-state index in [1.54, 1.807) is 18.4 Å². The Morgan fingerprint density at radius 1 is 1.35 bits per heavy atom. The predicted molar refractivity (Wildman–Crippen MR) is 79.2 cm³/mol. The number of aryl methyl sites for hydroxylation is 2. The lowest BCUT2D eigenvalue weighted by Crippen LogP contribution is -2.01. The van der Waals surface area contributed by atoms with Crippen molar-refractivity contribution in [3.63, 3.8) is 0 Å². The van der Waals surface area contributed by atoms with Crippen LogP contribution in [0.25, 0.3) is 10.6 Å². The van der Waals surface area contributed by atoms with E-state index >= 15 is 0 Å². The number of hydrogen-bond donors (Lipinski definition) is 0. The molecule has 0 radical (unpaired) electrons. The van der Waals surface area contributed by atoms with Gasteiger partial charge in [-0.2, -0.15) is 0 Å². The first-order valence-corrected chi connectivity index (χ1v) is 7.18. The van der Waals surface area contributed by atoms with Crippen molar-refractivity contribution in [3.8, 4) is 16.3 Å². The number of methoxy groups -OCH3 is 2. The van der Waals surface area contributed by atoms with Gasteiger partial charge in [-0.1, -0.05) is 6.07 Å². The van der Waals surface area contributed by atoms with Gasteiger partial charge >= 0.3 is 5.97 Å². The van der Waals surface area contributed by atoms with Gasteiger partial charge in [-0.05, 0) is 24.6 Å². The van der Waals surface area contributed by atoms with Gasteiger partial charge in [-0.3, -0.25) is 4.79 Å². The molecular weight excluding hydrogens is 274 g/mol. The van der Waals surface area contributed by atoms with Crippen LogP contribution in [0.4, 0.5) is 0 Å². The zero-order chi connectivity index (χ0) is 14.5. The fourth-order valence-corrected chi connectivity index (χ4v) is 2.74. The molecular formula is C15H17NO3S. The number of aromatic nitrogens is 1. The molecule has 0 aliphatic heterocycles. The second-order valence-electron chi connectivity index (χ2n) is 4.42. The van der Waals surface area contributed by atoms with E-state index in [4.69, 9.17) is 4.74 Å². The normalized spacial score (nSPS) is 10.3. The van der Waals surface area contributed by atoms with Crippen LogP contribution in [-0.2, 0) is 16.0 Å². The molecule has 0 aliphatic carbocycles. The standard InChI is InChI=1S/C15H17NO3S/c1-10-4-6-12(13(8-10)18-2)15-16-11(9-20-15)5-7-14(17)19-3/h4,6,8-9H,5,7H2,1-3H3. The van der Waals surface area contributed by atoms with Gasteiger partial charge in [-0.15, -0.1) is 11.3 Å². The van der Waals surface area contributed by atoms with Crippen LogP contribution in [0.5, 0.6) is 5.75 Å². The van der Waals surface area contributed by atoms with Crippen molar-refractivity contribution in [2.24, 2.45) is 0 Å². The van der Waals surface area contributed by atoms with Gasteiger partial charge in [0, 0.05) is 11.8 Å². The summed E-state index contributed by atoms with van der Waals surface area (Å²) in [7, 11) is 3.05. The lowest BCUT2D eigenvalue weighted by molar-refractivity contribution is -0.140. The summed E-state index contributed by atoms with van der Waals surface area (Å²) in [6.07, 6.45) is 0.946. The van der Waals surface area contributed by atoms with E-state index in [0.29, 0.717) is 12.8 Å². The van der Waals surface area contributed by atoms with E-state index in [1.807, 2.05) is 30.5 Å². The highest BCUT2D eigenvalue weighted by Gasteiger charge is 2.11. The number of benzene rings is 1. The van der Waals surface area contributed by atoms with Crippen LogP contribution >= 0.6 is 11.3 Å². The van der Waals surface area contributed by atoms with Crippen LogP contribution in [0.3, 0.4) is 0 Å². The zero-order valence-corrected chi connectivity index (χ0v) is 12.6. The summed E-state index contributed by atoms with van der Waals surface area (Å²) < 4.78 is 10.0. The van der Waals surface area contributed by atoms with E-state index in [-0.39, 0.29) is 5.97 Å². The van der Waals surface area contributed by atoms with Crippen LogP contribution < -0.4 is 4.74 Å². The maximum atomic E-state index is 11.1. The Morgan fingerprint density at radius 2 is 2.15 bits per heavy atom. The van der Waals surface area contributed by atoms with E-state index < -0.39 is 0 Å². The average Bonchev–Trinajstić information content (AvgIpc) is 2.93. The number of esters is 1. The molecule has 4 nitrogen and oxygen atoms in total. The second kappa shape index (κ2) is 6.52. The van der Waals surface area contributed by atoms with Gasteiger partial charge in [0.1, 0.15) is 10.8 Å². The molecule has 0 aliphatic rings. The summed E-state index contributed by atoms with van der Waals surface area (Å²) in [6.45, 7) is 2.02. The van der Waals surface area contributed by atoms with Crippen molar-refractivity contribution in [1.82, 2.24) is 4.98 Å². The minimum atomic E-state index is -0.215. The molecule has 0 fully saturated rings. The molecule has 106 valence electrons. The molecule has 5 heteroatoms. The average molecular weight is 291 g/mol. The van der Waals surface area contributed by atoms with Gasteiger partial charge in [-0.25, -0.2) is 4.98 Å². The van der Waals surface area contributed by atoms with Crippen molar-refractivity contribution in [2.75, 3.05) is 14.2 Å². The SMILES string of the molecule is COC(=O)CCc1csc(-c2ccc(C)cc2OC)n1. The minimum absolute atomic E-state index is 0.215. The Kier molecular flexibility index (Phi) is 4.74. The second-order valence-corrected chi connectivity index (χ2v) is 5.28. The van der Waals surface area contributed by atoms with E-state index in [9.17, 15) is 4.79 Å². The molecule has 0 amide bonds. The molecule has 0 unspecified atom stereocenters. The summed E-state index contributed by atoms with van der Waals surface area (Å²) in [5.41, 5.74) is 3.03. The van der Waals surface area contributed by atoms with Gasteiger partial charge in [0.25, 0.3) is 0 Å². The van der Waals surface area contributed by atoms with Crippen molar-refractivity contribution in [3.05, 3.63) is 34.8 Å². The minimum Gasteiger partial charge on any atom is -0.496 e. The number of carbonyl (C=O) groups is 1. The third-order valence-electron chi connectivity index (χ3n) is 2.95. The van der Waals surface area contributed by atoms with Crippen LogP contribution in [0, 0.1) is 6.92 Å². The molecule has 2 rings (SSSR count). The molecule has 0 N–H and O–H groups in total. The van der Waals surface area contributed by atoms with Crippen molar-refractivity contribution >= 4 is 17.3 Å². The van der Waals surface area contributed by atoms with Crippen LogP contribution in [0.2, 0.25) is 0 Å². The molecule has 0 atom stereocenters. The molecule has 0 spiro atoms. The fourth-order valence-electron chi connectivity index (χ4n) is 1.85. The van der Waals surface area contributed by atoms with Crippen LogP contribution in [0.1, 0.15) is 17.7 Å². The molecule has 1 heterocycles. The Balaban J connectivity index is 2.18. The third-order valence-corrected chi connectivity index (χ3v) is 3.88. The van der Waals surface area contributed by atoms with Crippen molar-refractivity contribution in [2.45, 2.75) is 19.8 Å². The molecule has 1 aromatic carbocycles. The van der Waals surface area contributed by atoms with Crippen molar-refractivity contribution in [1.29, 1.82) is 0 Å². The Morgan fingerprint density at radius 3 is 2.85 bits per heavy atom. The number of nitrogens with zero attached hydrogens (tertiary/aromatic N) is 1. The quantitative estimate of drug-likeness (QED) is 0.794. The highest BCUT2D eigenvalue weighted by molar-refractivity contribution is 7.13. The monoisotopic (exact) mass is 291 g/mol. The van der Waals surface area contributed by atoms with Gasteiger partial charge in [0.15, 0.2) is 0 Å². The smallest absolute Gasteiger partial charge is 0.305 e. The Hall–Kier alpha value is -1.88. The lowest BCUT2D eigenvalue weighted by atomic mass is 10.1. The lowest BCUT2D eigenvalue weighted by Gasteiger charge is -2.06. The summed E-state index contributed by atoms with van der Waals surface area (Å²) in [5.74, 6) is 0.603. The maximum Gasteiger partial charge on any atom is 0.305 e. The van der Waals surface area contributed by atoms with E-state index in [2.05, 4.69) is 9.72 Å². The summed E-state index contributed by atoms with van der Waals surface area (Å²) in [4.78, 5) is 15.7. The number of carbonyl (C=O) groups excluding carboxylic acids is 1. The molecule has 0 saturated heterocycles. The number of rotatable bonds is 5. The fraction of sp³-hybridized carbons (Fsp3) is 0.333. The summed E-state index contributed by atoms with van der Waals surface area (Å²) >= 11 is 1.55. The van der Waals surface area contributed by atoms with Gasteiger partial charge in [0.2, 0.25) is 0 Å². The Bertz CT molecular complexity index is 607. The molecule has 0 saturated carbocycles. The van der Waals surface area contributed by atoms with E-state index in [0.717, 1.165) is 27.6 Å². The van der Waals surface area contributed by atoms with Crippen molar-refractivity contribution < 1.29 is 14.3 Å². The van der Waals surface area contributed by atoms with Gasteiger partial charge in [0.05, 0.1) is 31.9 Å². The molecule has 20 heavy (non-hydrogen) atoms. The predicted octanol–water partition coefficient (Wildman–Crippen LogP) is 3.23. The molecule has 0 bridgehead atoms. The largest absolute Gasteiger partial charge is 0.496 e. The van der Waals surface area contributed by atoms with Crippen LogP contribution in [0.15, 0.2) is 23.6 Å². The third kappa shape index (κ3) is 3.36. The molecule has 1 aromatic heterocycles. The zero-order valence-electron chi connectivity index (χ0n) is 11.8. The Labute approximate surface area is 122 Å². The van der Waals surface area contributed by atoms with E-state index in [1.165, 1.54) is 7.11 Å². The summed E-state index contributed by atoms with van der Waals surface area (Å²) in [6, 6.07) is 6.04. The first kappa shape index (κ1) is 14.5. The number of ether oxygens (including phenoxy) is 2. The van der Waals surface area contributed by atoms with Crippen LogP contribution in [-0.4, -0.2) is 25.2 Å². The maximum absolute atomic E-state index is 11.1.